The Morgan fingerprint density at radius 1 is 1.14 bits per heavy atom. The van der Waals surface area contributed by atoms with Gasteiger partial charge in [-0.25, -0.2) is 0 Å². The quantitative estimate of drug-likeness (QED) is 0.374. The lowest BCUT2D eigenvalue weighted by atomic mass is 9.84. The number of nitriles is 1. The van der Waals surface area contributed by atoms with Gasteiger partial charge in [-0.2, -0.15) is 5.26 Å². The molecule has 1 aromatic carbocycles. The Labute approximate surface area is 175 Å². The van der Waals surface area contributed by atoms with Gasteiger partial charge in [-0.1, -0.05) is 45.6 Å². The zero-order chi connectivity index (χ0) is 21.4. The Kier molecular flexibility index (Phi) is 8.37. The van der Waals surface area contributed by atoms with Gasteiger partial charge in [-0.3, -0.25) is 4.79 Å². The fourth-order valence-electron chi connectivity index (χ4n) is 3.55. The third-order valence-electron chi connectivity index (χ3n) is 5.05. The molecule has 0 N–H and O–H groups in total. The maximum absolute atomic E-state index is 12.9. The van der Waals surface area contributed by atoms with Crippen LogP contribution in [0.15, 0.2) is 18.2 Å². The molecule has 160 valence electrons. The molecule has 0 radical (unpaired) electrons. The molecule has 1 aromatic rings. The number of fused-ring (bicyclic) bond motifs is 1. The maximum Gasteiger partial charge on any atom is 0.310 e. The van der Waals surface area contributed by atoms with Crippen LogP contribution >= 0.6 is 0 Å². The van der Waals surface area contributed by atoms with E-state index in [2.05, 4.69) is 19.9 Å². The van der Waals surface area contributed by atoms with Gasteiger partial charge in [0.05, 0.1) is 17.9 Å². The van der Waals surface area contributed by atoms with E-state index in [0.29, 0.717) is 24.5 Å². The molecule has 0 aliphatic carbocycles. The van der Waals surface area contributed by atoms with Crippen LogP contribution < -0.4 is 9.47 Å². The third kappa shape index (κ3) is 7.61. The van der Waals surface area contributed by atoms with E-state index in [4.69, 9.17) is 14.2 Å². The molecule has 0 fully saturated rings. The second-order valence-corrected chi connectivity index (χ2v) is 9.30. The molecule has 0 saturated carbocycles. The number of carbonyl (C=O) groups excluding carboxylic acids is 1. The third-order valence-corrected chi connectivity index (χ3v) is 5.05. The van der Waals surface area contributed by atoms with Gasteiger partial charge in [0.2, 0.25) is 6.79 Å². The molecule has 1 heterocycles. The standard InChI is InChI=1S/C24H35NO4/c1-17(2)9-7-6-8-10-20(23(26)29-24(3,4)5)19(15-25)13-18-11-12-21-22(14-18)28-16-27-21/h11-12,14,17,19-20H,6-10,13,16H2,1-5H3/t19-,20+/m1/s1. The number of benzene rings is 1. The monoisotopic (exact) mass is 401 g/mol. The second kappa shape index (κ2) is 10.5. The van der Waals surface area contributed by atoms with E-state index < -0.39 is 17.4 Å². The highest BCUT2D eigenvalue weighted by molar-refractivity contribution is 5.73. The second-order valence-electron chi connectivity index (χ2n) is 9.30. The van der Waals surface area contributed by atoms with Gasteiger partial charge in [0, 0.05) is 0 Å². The normalized spacial score (nSPS) is 15.1. The molecule has 5 nitrogen and oxygen atoms in total. The molecular weight excluding hydrogens is 366 g/mol. The van der Waals surface area contributed by atoms with Crippen molar-refractivity contribution in [3.05, 3.63) is 23.8 Å². The summed E-state index contributed by atoms with van der Waals surface area (Å²) in [4.78, 5) is 12.9. The predicted molar refractivity (Wildman–Crippen MR) is 113 cm³/mol. The first-order chi connectivity index (χ1) is 13.7. The molecule has 5 heteroatoms. The molecule has 0 amide bonds. The molecule has 2 atom stereocenters. The van der Waals surface area contributed by atoms with E-state index in [1.54, 1.807) is 0 Å². The molecule has 1 aliphatic heterocycles. The van der Waals surface area contributed by atoms with E-state index in [1.807, 2.05) is 39.0 Å². The number of hydrogen-bond donors (Lipinski definition) is 0. The first kappa shape index (κ1) is 23.1. The Morgan fingerprint density at radius 2 is 1.83 bits per heavy atom. The Balaban J connectivity index is 2.06. The van der Waals surface area contributed by atoms with Crippen molar-refractivity contribution < 1.29 is 19.0 Å². The smallest absolute Gasteiger partial charge is 0.310 e. The number of rotatable bonds is 10. The summed E-state index contributed by atoms with van der Waals surface area (Å²) in [6.07, 6.45) is 5.50. The minimum absolute atomic E-state index is 0.220. The zero-order valence-corrected chi connectivity index (χ0v) is 18.5. The highest BCUT2D eigenvalue weighted by Crippen LogP contribution is 2.34. The summed E-state index contributed by atoms with van der Waals surface area (Å²) < 4.78 is 16.5. The van der Waals surface area contributed by atoms with Crippen molar-refractivity contribution in [3.8, 4) is 17.6 Å². The Hall–Kier alpha value is -2.22. The molecule has 0 saturated heterocycles. The average molecular weight is 402 g/mol. The molecule has 29 heavy (non-hydrogen) atoms. The van der Waals surface area contributed by atoms with Crippen molar-refractivity contribution in [2.24, 2.45) is 17.8 Å². The van der Waals surface area contributed by atoms with Gasteiger partial charge in [0.25, 0.3) is 0 Å². The van der Waals surface area contributed by atoms with E-state index in [9.17, 15) is 10.1 Å². The lowest BCUT2D eigenvalue weighted by Gasteiger charge is -2.26. The van der Waals surface area contributed by atoms with Crippen LogP contribution in [0, 0.1) is 29.1 Å². The first-order valence-electron chi connectivity index (χ1n) is 10.7. The van der Waals surface area contributed by atoms with Crippen LogP contribution in [0.4, 0.5) is 0 Å². The van der Waals surface area contributed by atoms with Crippen LogP contribution in [0.1, 0.15) is 72.3 Å². The van der Waals surface area contributed by atoms with Crippen LogP contribution in [0.2, 0.25) is 0 Å². The van der Waals surface area contributed by atoms with Crippen LogP contribution in [0.3, 0.4) is 0 Å². The van der Waals surface area contributed by atoms with E-state index in [0.717, 1.165) is 30.6 Å². The summed E-state index contributed by atoms with van der Waals surface area (Å²) >= 11 is 0. The maximum atomic E-state index is 12.9. The highest BCUT2D eigenvalue weighted by Gasteiger charge is 2.32. The van der Waals surface area contributed by atoms with Gasteiger partial charge in [-0.15, -0.1) is 0 Å². The highest BCUT2D eigenvalue weighted by atomic mass is 16.7. The average Bonchev–Trinajstić information content (AvgIpc) is 3.09. The molecule has 1 aliphatic rings. The van der Waals surface area contributed by atoms with Crippen LogP contribution in [-0.4, -0.2) is 18.4 Å². The number of esters is 1. The summed E-state index contributed by atoms with van der Waals surface area (Å²) in [5.41, 5.74) is 0.403. The largest absolute Gasteiger partial charge is 0.460 e. The van der Waals surface area contributed by atoms with Crippen molar-refractivity contribution in [2.75, 3.05) is 6.79 Å². The van der Waals surface area contributed by atoms with Crippen molar-refractivity contribution in [1.29, 1.82) is 5.26 Å². The van der Waals surface area contributed by atoms with E-state index >= 15 is 0 Å². The predicted octanol–water partition coefficient (Wildman–Crippen LogP) is 5.66. The summed E-state index contributed by atoms with van der Waals surface area (Å²) in [6, 6.07) is 8.07. The Bertz CT molecular complexity index is 715. The number of nitrogens with zero attached hydrogens (tertiary/aromatic N) is 1. The Morgan fingerprint density at radius 3 is 2.48 bits per heavy atom. The molecule has 2 rings (SSSR count). The minimum Gasteiger partial charge on any atom is -0.460 e. The van der Waals surface area contributed by atoms with Gasteiger partial charge >= 0.3 is 5.97 Å². The molecular formula is C24H35NO4. The fraction of sp³-hybridized carbons (Fsp3) is 0.667. The van der Waals surface area contributed by atoms with Crippen LogP contribution in [0.5, 0.6) is 11.5 Å². The zero-order valence-electron chi connectivity index (χ0n) is 18.5. The van der Waals surface area contributed by atoms with Gasteiger partial charge < -0.3 is 14.2 Å². The van der Waals surface area contributed by atoms with Crippen LogP contribution in [-0.2, 0) is 16.0 Å². The summed E-state index contributed by atoms with van der Waals surface area (Å²) in [5.74, 6) is 0.972. The SMILES string of the molecule is CC(C)CCCCC[C@H](C(=O)OC(C)(C)C)[C@@H](C#N)Cc1ccc2c(c1)OCO2. The van der Waals surface area contributed by atoms with E-state index in [1.165, 1.54) is 6.42 Å². The first-order valence-corrected chi connectivity index (χ1v) is 10.7. The number of carbonyl (C=O) groups is 1. The van der Waals surface area contributed by atoms with Gasteiger partial charge in [0.15, 0.2) is 11.5 Å². The summed E-state index contributed by atoms with van der Waals surface area (Å²) in [7, 11) is 0. The van der Waals surface area contributed by atoms with Crippen molar-refractivity contribution in [2.45, 2.75) is 78.7 Å². The summed E-state index contributed by atoms with van der Waals surface area (Å²) in [6.45, 7) is 10.3. The van der Waals surface area contributed by atoms with Gasteiger partial charge in [-0.05, 0) is 57.2 Å². The molecule has 0 unspecified atom stereocenters. The summed E-state index contributed by atoms with van der Waals surface area (Å²) in [5, 5.41) is 9.86. The van der Waals surface area contributed by atoms with Gasteiger partial charge in [0.1, 0.15) is 5.60 Å². The number of unbranched alkanes of at least 4 members (excludes halogenated alkanes) is 2. The molecule has 0 bridgehead atoms. The lowest BCUT2D eigenvalue weighted by molar-refractivity contribution is -0.161. The lowest BCUT2D eigenvalue weighted by Crippen LogP contribution is -2.33. The number of hydrogen-bond acceptors (Lipinski definition) is 5. The fourth-order valence-corrected chi connectivity index (χ4v) is 3.55. The van der Waals surface area contributed by atoms with Crippen molar-refractivity contribution in [3.63, 3.8) is 0 Å². The van der Waals surface area contributed by atoms with Crippen molar-refractivity contribution >= 4 is 5.97 Å². The van der Waals surface area contributed by atoms with Crippen LogP contribution in [0.25, 0.3) is 0 Å². The molecule has 0 aromatic heterocycles. The topological polar surface area (TPSA) is 68.6 Å². The van der Waals surface area contributed by atoms with E-state index in [-0.39, 0.29) is 12.8 Å². The minimum atomic E-state index is -0.564. The van der Waals surface area contributed by atoms with Crippen molar-refractivity contribution in [1.82, 2.24) is 0 Å². The molecule has 0 spiro atoms. The number of ether oxygens (including phenoxy) is 3.